The van der Waals surface area contributed by atoms with Gasteiger partial charge < -0.3 is 10.3 Å². The van der Waals surface area contributed by atoms with Crippen molar-refractivity contribution in [2.75, 3.05) is 5.73 Å². The molecule has 0 radical (unpaired) electrons. The third-order valence-corrected chi connectivity index (χ3v) is 3.46. The summed E-state index contributed by atoms with van der Waals surface area (Å²) in [6.45, 7) is 2.90. The summed E-state index contributed by atoms with van der Waals surface area (Å²) in [7, 11) is 0. The molecule has 1 aromatic carbocycles. The van der Waals surface area contributed by atoms with Crippen molar-refractivity contribution in [1.29, 1.82) is 0 Å². The summed E-state index contributed by atoms with van der Waals surface area (Å²) in [5.41, 5.74) is 9.41. The molecule has 0 amide bonds. The number of aromatic nitrogens is 3. The van der Waals surface area contributed by atoms with Crippen LogP contribution in [0.15, 0.2) is 41.0 Å². The highest BCUT2D eigenvalue weighted by atomic mass is 79.9. The summed E-state index contributed by atoms with van der Waals surface area (Å²) in [6.07, 6.45) is 1.79. The predicted molar refractivity (Wildman–Crippen MR) is 80.8 cm³/mol. The van der Waals surface area contributed by atoms with E-state index in [1.807, 2.05) is 30.3 Å². The van der Waals surface area contributed by atoms with Crippen molar-refractivity contribution in [3.8, 4) is 11.4 Å². The van der Waals surface area contributed by atoms with Gasteiger partial charge in [-0.15, -0.1) is 0 Å². The standard InChI is InChI=1S/C14H13BrN4/c1-2-19-13(9-6-10(15)8-11(16)7-9)18-12-4-3-5-17-14(12)19/h3-8H,2,16H2,1H3. The van der Waals surface area contributed by atoms with Crippen LogP contribution in [0, 0.1) is 0 Å². The Bertz CT molecular complexity index is 728. The van der Waals surface area contributed by atoms with Crippen LogP contribution in [0.25, 0.3) is 22.6 Å². The fourth-order valence-corrected chi connectivity index (χ4v) is 2.73. The molecular formula is C14H13BrN4. The molecule has 0 fully saturated rings. The van der Waals surface area contributed by atoms with Gasteiger partial charge in [-0.25, -0.2) is 9.97 Å². The first kappa shape index (κ1) is 12.2. The molecule has 0 spiro atoms. The Morgan fingerprint density at radius 3 is 2.89 bits per heavy atom. The van der Waals surface area contributed by atoms with Gasteiger partial charge in [-0.3, -0.25) is 0 Å². The lowest BCUT2D eigenvalue weighted by atomic mass is 10.2. The Kier molecular flexibility index (Phi) is 2.98. The van der Waals surface area contributed by atoms with E-state index in [0.29, 0.717) is 5.69 Å². The Morgan fingerprint density at radius 2 is 2.16 bits per heavy atom. The van der Waals surface area contributed by atoms with Crippen LogP contribution < -0.4 is 5.73 Å². The van der Waals surface area contributed by atoms with E-state index < -0.39 is 0 Å². The zero-order chi connectivity index (χ0) is 13.4. The smallest absolute Gasteiger partial charge is 0.160 e. The minimum atomic E-state index is 0.715. The fraction of sp³-hybridized carbons (Fsp3) is 0.143. The number of nitrogens with two attached hydrogens (primary N) is 1. The summed E-state index contributed by atoms with van der Waals surface area (Å²) in [6, 6.07) is 9.69. The second kappa shape index (κ2) is 4.66. The van der Waals surface area contributed by atoms with Crippen molar-refractivity contribution < 1.29 is 0 Å². The molecule has 2 N–H and O–H groups in total. The number of nitrogen functional groups attached to an aromatic ring is 1. The van der Waals surface area contributed by atoms with Crippen molar-refractivity contribution in [2.45, 2.75) is 13.5 Å². The molecule has 0 saturated heterocycles. The summed E-state index contributed by atoms with van der Waals surface area (Å²) >= 11 is 3.47. The van der Waals surface area contributed by atoms with Gasteiger partial charge >= 0.3 is 0 Å². The lowest BCUT2D eigenvalue weighted by molar-refractivity contribution is 0.787. The summed E-state index contributed by atoms with van der Waals surface area (Å²) in [4.78, 5) is 9.06. The largest absolute Gasteiger partial charge is 0.399 e. The van der Waals surface area contributed by atoms with Crippen molar-refractivity contribution >= 4 is 32.8 Å². The minimum absolute atomic E-state index is 0.715. The molecule has 0 aliphatic heterocycles. The van der Waals surface area contributed by atoms with E-state index in [1.165, 1.54) is 0 Å². The second-order valence-corrected chi connectivity index (χ2v) is 5.21. The van der Waals surface area contributed by atoms with Crippen LogP contribution in [0.5, 0.6) is 0 Å². The van der Waals surface area contributed by atoms with E-state index >= 15 is 0 Å². The zero-order valence-electron chi connectivity index (χ0n) is 10.5. The van der Waals surface area contributed by atoms with Crippen LogP contribution in [0.4, 0.5) is 5.69 Å². The maximum absolute atomic E-state index is 5.90. The average Bonchev–Trinajstić information content (AvgIpc) is 2.76. The molecule has 5 heteroatoms. The normalized spacial score (nSPS) is 11.1. The van der Waals surface area contributed by atoms with E-state index in [2.05, 4.69) is 37.4 Å². The topological polar surface area (TPSA) is 56.7 Å². The molecule has 96 valence electrons. The van der Waals surface area contributed by atoms with Gasteiger partial charge in [0.05, 0.1) is 0 Å². The quantitative estimate of drug-likeness (QED) is 0.736. The molecule has 2 aromatic heterocycles. The first-order valence-corrected chi connectivity index (χ1v) is 6.86. The number of anilines is 1. The first-order valence-electron chi connectivity index (χ1n) is 6.06. The molecular weight excluding hydrogens is 304 g/mol. The number of hydrogen-bond donors (Lipinski definition) is 1. The van der Waals surface area contributed by atoms with Crippen molar-refractivity contribution in [3.63, 3.8) is 0 Å². The number of pyridine rings is 1. The fourth-order valence-electron chi connectivity index (χ4n) is 2.22. The zero-order valence-corrected chi connectivity index (χ0v) is 12.1. The highest BCUT2D eigenvalue weighted by Gasteiger charge is 2.12. The average molecular weight is 317 g/mol. The molecule has 4 nitrogen and oxygen atoms in total. The number of benzene rings is 1. The SMILES string of the molecule is CCn1c(-c2cc(N)cc(Br)c2)nc2cccnc21. The van der Waals surface area contributed by atoms with Crippen LogP contribution in [0.1, 0.15) is 6.92 Å². The minimum Gasteiger partial charge on any atom is -0.399 e. The molecule has 2 heterocycles. The summed E-state index contributed by atoms with van der Waals surface area (Å²) < 4.78 is 3.04. The Balaban J connectivity index is 2.29. The molecule has 0 atom stereocenters. The van der Waals surface area contributed by atoms with Crippen LogP contribution in [-0.2, 0) is 6.54 Å². The van der Waals surface area contributed by atoms with Gasteiger partial charge in [0, 0.05) is 28.5 Å². The summed E-state index contributed by atoms with van der Waals surface area (Å²) in [5.74, 6) is 0.893. The van der Waals surface area contributed by atoms with E-state index in [1.54, 1.807) is 6.20 Å². The lowest BCUT2D eigenvalue weighted by Gasteiger charge is -2.06. The second-order valence-electron chi connectivity index (χ2n) is 4.30. The number of imidazole rings is 1. The molecule has 0 aliphatic carbocycles. The lowest BCUT2D eigenvalue weighted by Crippen LogP contribution is -1.99. The van der Waals surface area contributed by atoms with E-state index in [9.17, 15) is 0 Å². The third kappa shape index (κ3) is 2.10. The molecule has 0 saturated carbocycles. The van der Waals surface area contributed by atoms with Gasteiger partial charge in [0.1, 0.15) is 11.3 Å². The highest BCUT2D eigenvalue weighted by Crippen LogP contribution is 2.28. The van der Waals surface area contributed by atoms with Crippen LogP contribution in [0.2, 0.25) is 0 Å². The van der Waals surface area contributed by atoms with Crippen molar-refractivity contribution in [1.82, 2.24) is 14.5 Å². The molecule has 0 unspecified atom stereocenters. The number of fused-ring (bicyclic) bond motifs is 1. The number of aryl methyl sites for hydroxylation is 1. The Hall–Kier alpha value is -1.88. The predicted octanol–water partition coefficient (Wildman–Crippen LogP) is 3.46. The maximum Gasteiger partial charge on any atom is 0.160 e. The molecule has 0 aliphatic rings. The summed E-state index contributed by atoms with van der Waals surface area (Å²) in [5, 5.41) is 0. The van der Waals surface area contributed by atoms with Crippen LogP contribution in [-0.4, -0.2) is 14.5 Å². The molecule has 0 bridgehead atoms. The van der Waals surface area contributed by atoms with Crippen LogP contribution >= 0.6 is 15.9 Å². The number of halogens is 1. The van der Waals surface area contributed by atoms with Crippen molar-refractivity contribution in [3.05, 3.63) is 41.0 Å². The number of rotatable bonds is 2. The van der Waals surface area contributed by atoms with Crippen LogP contribution in [0.3, 0.4) is 0 Å². The van der Waals surface area contributed by atoms with Gasteiger partial charge in [-0.05, 0) is 37.3 Å². The van der Waals surface area contributed by atoms with E-state index in [0.717, 1.165) is 33.6 Å². The van der Waals surface area contributed by atoms with E-state index in [-0.39, 0.29) is 0 Å². The number of hydrogen-bond acceptors (Lipinski definition) is 3. The molecule has 3 aromatic rings. The Labute approximate surface area is 119 Å². The van der Waals surface area contributed by atoms with E-state index in [4.69, 9.17) is 5.73 Å². The van der Waals surface area contributed by atoms with Crippen molar-refractivity contribution in [2.24, 2.45) is 0 Å². The monoisotopic (exact) mass is 316 g/mol. The number of nitrogens with zero attached hydrogens (tertiary/aromatic N) is 3. The molecule has 3 rings (SSSR count). The van der Waals surface area contributed by atoms with Gasteiger partial charge in [-0.2, -0.15) is 0 Å². The van der Waals surface area contributed by atoms with Gasteiger partial charge in [0.2, 0.25) is 0 Å². The highest BCUT2D eigenvalue weighted by molar-refractivity contribution is 9.10. The maximum atomic E-state index is 5.90. The third-order valence-electron chi connectivity index (χ3n) is 3.00. The molecule has 19 heavy (non-hydrogen) atoms. The van der Waals surface area contributed by atoms with Gasteiger partial charge in [0.15, 0.2) is 5.65 Å². The Morgan fingerprint density at radius 1 is 1.32 bits per heavy atom. The van der Waals surface area contributed by atoms with Gasteiger partial charge in [-0.1, -0.05) is 15.9 Å². The first-order chi connectivity index (χ1) is 9.19. The van der Waals surface area contributed by atoms with Gasteiger partial charge in [0.25, 0.3) is 0 Å².